The van der Waals surface area contributed by atoms with Crippen LogP contribution < -0.4 is 10.9 Å². The minimum atomic E-state index is -0.652. The highest BCUT2D eigenvalue weighted by molar-refractivity contribution is 7.10. The molecular weight excluding hydrogens is 370 g/mol. The number of aromatic nitrogens is 2. The lowest BCUT2D eigenvalue weighted by atomic mass is 10.2. The normalized spacial score (nSPS) is 12.1. The summed E-state index contributed by atoms with van der Waals surface area (Å²) >= 11 is 1.54. The number of furan rings is 1. The van der Waals surface area contributed by atoms with Crippen LogP contribution in [0.3, 0.4) is 0 Å². The number of carbonyl (C=O) groups is 2. The fraction of sp³-hybridized carbons (Fsp3) is 0.333. The molecule has 0 fully saturated rings. The van der Waals surface area contributed by atoms with Gasteiger partial charge in [-0.15, -0.1) is 11.3 Å². The van der Waals surface area contributed by atoms with Gasteiger partial charge in [-0.2, -0.15) is 0 Å². The third-order valence-corrected chi connectivity index (χ3v) is 5.05. The molecule has 1 atom stereocenters. The molecule has 3 heterocycles. The molecule has 0 aliphatic rings. The lowest BCUT2D eigenvalue weighted by molar-refractivity contribution is -0.122. The van der Waals surface area contributed by atoms with Crippen LogP contribution in [0, 0.1) is 6.92 Å². The monoisotopic (exact) mass is 389 g/mol. The molecule has 0 aliphatic carbocycles. The standard InChI is InChI=1S/C18H19N3O5S/c1-4-25-18(24)14-11(3)26-16-15(14)17(23)21(9-19-16)8-13(22)20-10(2)12-6-5-7-27-12/h5-7,9-10H,4,8H2,1-3H3,(H,20,22). The molecular formula is C18H19N3O5S. The number of nitrogens with one attached hydrogen (secondary N) is 1. The van der Waals surface area contributed by atoms with E-state index in [1.807, 2.05) is 24.4 Å². The highest BCUT2D eigenvalue weighted by Crippen LogP contribution is 2.22. The molecule has 1 unspecified atom stereocenters. The van der Waals surface area contributed by atoms with Crippen molar-refractivity contribution < 1.29 is 18.7 Å². The Hall–Kier alpha value is -2.94. The molecule has 1 N–H and O–H groups in total. The molecule has 1 amide bonds. The number of nitrogens with zero attached hydrogens (tertiary/aromatic N) is 2. The van der Waals surface area contributed by atoms with Crippen LogP contribution in [0.1, 0.15) is 40.9 Å². The van der Waals surface area contributed by atoms with E-state index in [1.54, 1.807) is 13.8 Å². The first-order valence-electron chi connectivity index (χ1n) is 8.40. The van der Waals surface area contributed by atoms with Gasteiger partial charge < -0.3 is 14.5 Å². The molecule has 3 aromatic rings. The van der Waals surface area contributed by atoms with E-state index in [1.165, 1.54) is 17.7 Å². The molecule has 0 radical (unpaired) electrons. The maximum atomic E-state index is 12.8. The van der Waals surface area contributed by atoms with Crippen molar-refractivity contribution in [1.29, 1.82) is 0 Å². The zero-order valence-electron chi connectivity index (χ0n) is 15.1. The van der Waals surface area contributed by atoms with Crippen molar-refractivity contribution in [3.63, 3.8) is 0 Å². The first-order chi connectivity index (χ1) is 12.9. The molecule has 0 aromatic carbocycles. The minimum Gasteiger partial charge on any atom is -0.462 e. The second-order valence-corrected chi connectivity index (χ2v) is 6.90. The van der Waals surface area contributed by atoms with Crippen LogP contribution in [0.2, 0.25) is 0 Å². The summed E-state index contributed by atoms with van der Waals surface area (Å²) in [6.45, 7) is 5.05. The third kappa shape index (κ3) is 3.77. The largest absolute Gasteiger partial charge is 0.462 e. The predicted molar refractivity (Wildman–Crippen MR) is 99.8 cm³/mol. The maximum absolute atomic E-state index is 12.8. The fourth-order valence-corrected chi connectivity index (χ4v) is 3.48. The van der Waals surface area contributed by atoms with Crippen molar-refractivity contribution in [3.8, 4) is 0 Å². The van der Waals surface area contributed by atoms with Crippen LogP contribution in [0.4, 0.5) is 0 Å². The molecule has 3 rings (SSSR count). The van der Waals surface area contributed by atoms with E-state index in [0.717, 1.165) is 9.44 Å². The van der Waals surface area contributed by atoms with Crippen molar-refractivity contribution in [1.82, 2.24) is 14.9 Å². The molecule has 3 aromatic heterocycles. The summed E-state index contributed by atoms with van der Waals surface area (Å²) < 4.78 is 11.5. The highest BCUT2D eigenvalue weighted by atomic mass is 32.1. The average Bonchev–Trinajstić information content (AvgIpc) is 3.25. The first-order valence-corrected chi connectivity index (χ1v) is 9.28. The van der Waals surface area contributed by atoms with E-state index in [4.69, 9.17) is 9.15 Å². The molecule has 0 bridgehead atoms. The third-order valence-electron chi connectivity index (χ3n) is 4.00. The zero-order valence-corrected chi connectivity index (χ0v) is 16.0. The van der Waals surface area contributed by atoms with Gasteiger partial charge in [0.2, 0.25) is 11.6 Å². The molecule has 0 saturated carbocycles. The van der Waals surface area contributed by atoms with Gasteiger partial charge in [0.05, 0.1) is 12.6 Å². The van der Waals surface area contributed by atoms with Crippen LogP contribution in [0.5, 0.6) is 0 Å². The number of esters is 1. The molecule has 27 heavy (non-hydrogen) atoms. The van der Waals surface area contributed by atoms with Gasteiger partial charge in [-0.25, -0.2) is 9.78 Å². The van der Waals surface area contributed by atoms with Crippen molar-refractivity contribution in [2.75, 3.05) is 6.61 Å². The summed E-state index contributed by atoms with van der Waals surface area (Å²) in [4.78, 5) is 42.4. The Kier molecular flexibility index (Phi) is 5.41. The first kappa shape index (κ1) is 18.8. The Labute approximate surface area is 158 Å². The van der Waals surface area contributed by atoms with Gasteiger partial charge in [-0.05, 0) is 32.2 Å². The molecule has 0 aliphatic heterocycles. The van der Waals surface area contributed by atoms with E-state index in [2.05, 4.69) is 10.3 Å². The lowest BCUT2D eigenvalue weighted by Crippen LogP contribution is -2.33. The van der Waals surface area contributed by atoms with E-state index in [9.17, 15) is 14.4 Å². The van der Waals surface area contributed by atoms with Crippen LogP contribution in [-0.4, -0.2) is 28.0 Å². The van der Waals surface area contributed by atoms with Crippen LogP contribution in [0.25, 0.3) is 11.1 Å². The van der Waals surface area contributed by atoms with Crippen LogP contribution >= 0.6 is 11.3 Å². The van der Waals surface area contributed by atoms with Gasteiger partial charge in [0.25, 0.3) is 5.56 Å². The summed E-state index contributed by atoms with van der Waals surface area (Å²) in [5.74, 6) is -0.736. The van der Waals surface area contributed by atoms with Crippen molar-refractivity contribution in [3.05, 3.63) is 50.4 Å². The smallest absolute Gasteiger partial charge is 0.342 e. The number of thiophene rings is 1. The number of aryl methyl sites for hydroxylation is 1. The number of hydrogen-bond acceptors (Lipinski definition) is 7. The number of fused-ring (bicyclic) bond motifs is 1. The predicted octanol–water partition coefficient (Wildman–Crippen LogP) is 2.41. The molecule has 0 saturated heterocycles. The van der Waals surface area contributed by atoms with Crippen LogP contribution in [-0.2, 0) is 16.1 Å². The van der Waals surface area contributed by atoms with Gasteiger partial charge >= 0.3 is 5.97 Å². The summed E-state index contributed by atoms with van der Waals surface area (Å²) in [6, 6.07) is 3.66. The molecule has 142 valence electrons. The number of ether oxygens (including phenoxy) is 1. The van der Waals surface area contributed by atoms with Gasteiger partial charge in [-0.3, -0.25) is 14.2 Å². The second kappa shape index (κ2) is 7.75. The van der Waals surface area contributed by atoms with Crippen LogP contribution in [0.15, 0.2) is 33.1 Å². The fourth-order valence-electron chi connectivity index (χ4n) is 2.75. The summed E-state index contributed by atoms with van der Waals surface area (Å²) in [5.41, 5.74) is -0.436. The van der Waals surface area contributed by atoms with E-state index in [0.29, 0.717) is 0 Å². The van der Waals surface area contributed by atoms with E-state index in [-0.39, 0.29) is 47.5 Å². The van der Waals surface area contributed by atoms with Gasteiger partial charge in [0, 0.05) is 4.88 Å². The second-order valence-electron chi connectivity index (χ2n) is 5.92. The Bertz CT molecular complexity index is 1040. The summed E-state index contributed by atoms with van der Waals surface area (Å²) in [7, 11) is 0. The number of amides is 1. The van der Waals surface area contributed by atoms with Crippen molar-refractivity contribution in [2.24, 2.45) is 0 Å². The quantitative estimate of drug-likeness (QED) is 0.650. The van der Waals surface area contributed by atoms with Gasteiger partial charge in [0.15, 0.2) is 0 Å². The SMILES string of the molecule is CCOC(=O)c1c(C)oc2ncn(CC(=O)NC(C)c3cccs3)c(=O)c12. The Balaban J connectivity index is 1.88. The molecule has 9 heteroatoms. The number of carbonyl (C=O) groups excluding carboxylic acids is 2. The van der Waals surface area contributed by atoms with Gasteiger partial charge in [0.1, 0.15) is 29.6 Å². The highest BCUT2D eigenvalue weighted by Gasteiger charge is 2.24. The summed E-state index contributed by atoms with van der Waals surface area (Å²) in [6.07, 6.45) is 1.23. The zero-order chi connectivity index (χ0) is 19.6. The molecule has 0 spiro atoms. The number of hydrogen-bond donors (Lipinski definition) is 1. The Morgan fingerprint density at radius 1 is 1.44 bits per heavy atom. The maximum Gasteiger partial charge on any atom is 0.342 e. The average molecular weight is 389 g/mol. The lowest BCUT2D eigenvalue weighted by Gasteiger charge is -2.12. The minimum absolute atomic E-state index is 0.0209. The molecule has 8 nitrogen and oxygen atoms in total. The van der Waals surface area contributed by atoms with Gasteiger partial charge in [-0.1, -0.05) is 6.07 Å². The summed E-state index contributed by atoms with van der Waals surface area (Å²) in [5, 5.41) is 4.79. The topological polar surface area (TPSA) is 103 Å². The Morgan fingerprint density at radius 2 is 2.22 bits per heavy atom. The van der Waals surface area contributed by atoms with Crippen molar-refractivity contribution >= 4 is 34.3 Å². The van der Waals surface area contributed by atoms with E-state index < -0.39 is 11.5 Å². The number of rotatable bonds is 6. The van der Waals surface area contributed by atoms with E-state index >= 15 is 0 Å². The van der Waals surface area contributed by atoms with Crippen molar-refractivity contribution in [2.45, 2.75) is 33.4 Å². The Morgan fingerprint density at radius 3 is 2.89 bits per heavy atom.